The van der Waals surface area contributed by atoms with Crippen molar-refractivity contribution in [2.24, 2.45) is 5.14 Å². The van der Waals surface area contributed by atoms with E-state index in [2.05, 4.69) is 17.6 Å². The minimum Gasteiger partial charge on any atom is -0.354 e. The third kappa shape index (κ3) is 4.55. The predicted octanol–water partition coefficient (Wildman–Crippen LogP) is -0.296. The summed E-state index contributed by atoms with van der Waals surface area (Å²) in [4.78, 5) is 12.1. The number of amides is 1. The maximum absolute atomic E-state index is 12.1. The standard InChI is InChI=1S/C11H23N3O3S/c1-2-5-11(6-3-8-14-11)10(15)13-7-4-9-18(12,16)17/h14H,2-9H2,1H3,(H,13,15)(H2,12,16,17). The molecule has 7 heteroatoms. The Hall–Kier alpha value is -0.660. The van der Waals surface area contributed by atoms with Gasteiger partial charge in [0.15, 0.2) is 0 Å². The highest BCUT2D eigenvalue weighted by molar-refractivity contribution is 7.89. The van der Waals surface area contributed by atoms with Gasteiger partial charge in [-0.25, -0.2) is 13.6 Å². The number of hydrogen-bond acceptors (Lipinski definition) is 4. The van der Waals surface area contributed by atoms with E-state index < -0.39 is 15.6 Å². The lowest BCUT2D eigenvalue weighted by atomic mass is 9.91. The average Bonchev–Trinajstić information content (AvgIpc) is 2.73. The van der Waals surface area contributed by atoms with Crippen molar-refractivity contribution in [1.29, 1.82) is 0 Å². The van der Waals surface area contributed by atoms with Gasteiger partial charge in [-0.05, 0) is 32.2 Å². The van der Waals surface area contributed by atoms with Crippen LogP contribution < -0.4 is 15.8 Å². The van der Waals surface area contributed by atoms with E-state index in [4.69, 9.17) is 5.14 Å². The normalized spacial score (nSPS) is 24.1. The molecule has 0 bridgehead atoms. The van der Waals surface area contributed by atoms with Crippen LogP contribution in [0, 0.1) is 0 Å². The molecule has 1 amide bonds. The molecular formula is C11H23N3O3S. The maximum Gasteiger partial charge on any atom is 0.240 e. The van der Waals surface area contributed by atoms with Crippen LogP contribution >= 0.6 is 0 Å². The lowest BCUT2D eigenvalue weighted by Crippen LogP contribution is -2.53. The molecule has 1 heterocycles. The number of nitrogens with two attached hydrogens (primary N) is 1. The molecule has 106 valence electrons. The van der Waals surface area contributed by atoms with Crippen molar-refractivity contribution in [3.8, 4) is 0 Å². The average molecular weight is 277 g/mol. The molecule has 1 unspecified atom stereocenters. The van der Waals surface area contributed by atoms with E-state index in [9.17, 15) is 13.2 Å². The van der Waals surface area contributed by atoms with E-state index >= 15 is 0 Å². The molecule has 1 saturated heterocycles. The molecule has 0 aromatic rings. The summed E-state index contributed by atoms with van der Waals surface area (Å²) >= 11 is 0. The number of nitrogens with one attached hydrogen (secondary N) is 2. The van der Waals surface area contributed by atoms with Gasteiger partial charge in [0.2, 0.25) is 15.9 Å². The quantitative estimate of drug-likeness (QED) is 0.556. The molecule has 0 aliphatic carbocycles. The monoisotopic (exact) mass is 277 g/mol. The second-order valence-corrected chi connectivity index (χ2v) is 6.57. The molecule has 1 aliphatic rings. The first kappa shape index (κ1) is 15.4. The zero-order valence-electron chi connectivity index (χ0n) is 10.9. The van der Waals surface area contributed by atoms with Gasteiger partial charge in [0.1, 0.15) is 0 Å². The van der Waals surface area contributed by atoms with Crippen molar-refractivity contribution >= 4 is 15.9 Å². The summed E-state index contributed by atoms with van der Waals surface area (Å²) < 4.78 is 21.5. The van der Waals surface area contributed by atoms with Gasteiger partial charge in [-0.3, -0.25) is 4.79 Å². The van der Waals surface area contributed by atoms with Crippen molar-refractivity contribution in [2.45, 2.75) is 44.6 Å². The molecule has 1 atom stereocenters. The highest BCUT2D eigenvalue weighted by atomic mass is 32.2. The Kier molecular flexibility index (Phi) is 5.55. The number of primary sulfonamides is 1. The van der Waals surface area contributed by atoms with E-state index in [1.807, 2.05) is 0 Å². The second-order valence-electron chi connectivity index (χ2n) is 4.84. The van der Waals surface area contributed by atoms with E-state index in [-0.39, 0.29) is 11.7 Å². The molecule has 1 fully saturated rings. The number of rotatable bonds is 7. The lowest BCUT2D eigenvalue weighted by Gasteiger charge is -2.27. The fraction of sp³-hybridized carbons (Fsp3) is 0.909. The summed E-state index contributed by atoms with van der Waals surface area (Å²) in [5, 5.41) is 11.0. The van der Waals surface area contributed by atoms with Gasteiger partial charge in [-0.15, -0.1) is 0 Å². The highest BCUT2D eigenvalue weighted by Crippen LogP contribution is 2.24. The van der Waals surface area contributed by atoms with Gasteiger partial charge in [0, 0.05) is 6.54 Å². The van der Waals surface area contributed by atoms with Gasteiger partial charge < -0.3 is 10.6 Å². The van der Waals surface area contributed by atoms with E-state index in [0.29, 0.717) is 13.0 Å². The summed E-state index contributed by atoms with van der Waals surface area (Å²) in [6.07, 6.45) is 3.96. The molecule has 6 nitrogen and oxygen atoms in total. The predicted molar refractivity (Wildman–Crippen MR) is 70.5 cm³/mol. The van der Waals surface area contributed by atoms with Gasteiger partial charge in [-0.2, -0.15) is 0 Å². The number of carbonyl (C=O) groups excluding carboxylic acids is 1. The van der Waals surface area contributed by atoms with Crippen LogP contribution in [0.25, 0.3) is 0 Å². The first-order valence-corrected chi connectivity index (χ1v) is 8.15. The van der Waals surface area contributed by atoms with Crippen molar-refractivity contribution in [1.82, 2.24) is 10.6 Å². The summed E-state index contributed by atoms with van der Waals surface area (Å²) in [5.41, 5.74) is -0.448. The topological polar surface area (TPSA) is 101 Å². The van der Waals surface area contributed by atoms with E-state index in [1.54, 1.807) is 0 Å². The molecule has 0 aromatic carbocycles. The summed E-state index contributed by atoms with van der Waals surface area (Å²) in [6.45, 7) is 3.27. The van der Waals surface area contributed by atoms with Crippen molar-refractivity contribution in [3.05, 3.63) is 0 Å². The molecule has 0 aromatic heterocycles. The van der Waals surface area contributed by atoms with Crippen LogP contribution in [-0.4, -0.2) is 38.7 Å². The third-order valence-electron chi connectivity index (χ3n) is 3.25. The Morgan fingerprint density at radius 2 is 2.22 bits per heavy atom. The Morgan fingerprint density at radius 3 is 2.72 bits per heavy atom. The van der Waals surface area contributed by atoms with Crippen LogP contribution in [-0.2, 0) is 14.8 Å². The molecular weight excluding hydrogens is 254 g/mol. The summed E-state index contributed by atoms with van der Waals surface area (Å²) in [6, 6.07) is 0. The molecule has 0 radical (unpaired) electrons. The first-order chi connectivity index (χ1) is 8.40. The zero-order valence-corrected chi connectivity index (χ0v) is 11.7. The highest BCUT2D eigenvalue weighted by Gasteiger charge is 2.39. The Morgan fingerprint density at radius 1 is 1.50 bits per heavy atom. The van der Waals surface area contributed by atoms with E-state index in [1.165, 1.54) is 0 Å². The number of hydrogen-bond donors (Lipinski definition) is 3. The fourth-order valence-corrected chi connectivity index (χ4v) is 2.94. The minimum atomic E-state index is -3.43. The lowest BCUT2D eigenvalue weighted by molar-refractivity contribution is -0.127. The van der Waals surface area contributed by atoms with Crippen LogP contribution in [0.1, 0.15) is 39.0 Å². The molecule has 0 spiro atoms. The molecule has 4 N–H and O–H groups in total. The van der Waals surface area contributed by atoms with Crippen molar-refractivity contribution in [2.75, 3.05) is 18.8 Å². The zero-order chi connectivity index (χ0) is 13.6. The molecule has 18 heavy (non-hydrogen) atoms. The molecule has 1 rings (SSSR count). The van der Waals surface area contributed by atoms with Gasteiger partial charge >= 0.3 is 0 Å². The molecule has 0 saturated carbocycles. The Balaban J connectivity index is 2.39. The smallest absolute Gasteiger partial charge is 0.240 e. The van der Waals surface area contributed by atoms with Crippen LogP contribution in [0.2, 0.25) is 0 Å². The van der Waals surface area contributed by atoms with Crippen molar-refractivity contribution < 1.29 is 13.2 Å². The number of sulfonamides is 1. The van der Waals surface area contributed by atoms with Gasteiger partial charge in [0.05, 0.1) is 11.3 Å². The molecule has 1 aliphatic heterocycles. The van der Waals surface area contributed by atoms with E-state index in [0.717, 1.165) is 32.2 Å². The van der Waals surface area contributed by atoms with Gasteiger partial charge in [0.25, 0.3) is 0 Å². The fourth-order valence-electron chi connectivity index (χ4n) is 2.40. The first-order valence-electron chi connectivity index (χ1n) is 6.43. The van der Waals surface area contributed by atoms with Crippen LogP contribution in [0.3, 0.4) is 0 Å². The van der Waals surface area contributed by atoms with Crippen LogP contribution in [0.4, 0.5) is 0 Å². The summed E-state index contributed by atoms with van der Waals surface area (Å²) in [7, 11) is -3.43. The van der Waals surface area contributed by atoms with Crippen LogP contribution in [0.15, 0.2) is 0 Å². The summed E-state index contributed by atoms with van der Waals surface area (Å²) in [5.74, 6) is -0.113. The second kappa shape index (κ2) is 6.49. The largest absolute Gasteiger partial charge is 0.354 e. The van der Waals surface area contributed by atoms with Crippen LogP contribution in [0.5, 0.6) is 0 Å². The minimum absolute atomic E-state index is 0.0173. The third-order valence-corrected chi connectivity index (χ3v) is 4.10. The Bertz CT molecular complexity index is 375. The SMILES string of the molecule is CCCC1(C(=O)NCCCS(N)(=O)=O)CCCN1. The van der Waals surface area contributed by atoms with Gasteiger partial charge in [-0.1, -0.05) is 13.3 Å². The van der Waals surface area contributed by atoms with Crippen molar-refractivity contribution in [3.63, 3.8) is 0 Å². The number of carbonyl (C=O) groups is 1. The maximum atomic E-state index is 12.1. The Labute approximate surface area is 109 Å².